The lowest BCUT2D eigenvalue weighted by Crippen LogP contribution is -2.02. The number of hydrogen-bond donors (Lipinski definition) is 1. The van der Waals surface area contributed by atoms with Crippen LogP contribution in [-0.4, -0.2) is 10.1 Å². The molecular weight excluding hydrogens is 202 g/mol. The molecular formula is C13H13NO2. The van der Waals surface area contributed by atoms with Crippen molar-refractivity contribution in [2.75, 3.05) is 0 Å². The Labute approximate surface area is 93.8 Å². The fourth-order valence-corrected chi connectivity index (χ4v) is 2.30. The first-order chi connectivity index (χ1) is 7.75. The molecule has 0 spiro atoms. The fourth-order valence-electron chi connectivity index (χ4n) is 2.30. The van der Waals surface area contributed by atoms with Crippen LogP contribution >= 0.6 is 0 Å². The molecule has 0 saturated carbocycles. The Kier molecular flexibility index (Phi) is 2.07. The van der Waals surface area contributed by atoms with Crippen LogP contribution in [0, 0.1) is 6.92 Å². The molecule has 1 heterocycles. The van der Waals surface area contributed by atoms with Gasteiger partial charge in [-0.3, -0.25) is 0 Å². The van der Waals surface area contributed by atoms with E-state index in [0.29, 0.717) is 11.6 Å². The number of nitrogens with zero attached hydrogens (tertiary/aromatic N) is 1. The molecule has 0 saturated heterocycles. The number of aryl methyl sites for hydroxylation is 3. The van der Waals surface area contributed by atoms with Gasteiger partial charge in [-0.15, -0.1) is 0 Å². The number of aliphatic hydroxyl groups excluding tert-OH is 1. The van der Waals surface area contributed by atoms with E-state index in [1.54, 1.807) is 0 Å². The summed E-state index contributed by atoms with van der Waals surface area (Å²) in [6.07, 6.45) is 1.06. The van der Waals surface area contributed by atoms with Gasteiger partial charge in [-0.25, -0.2) is 4.98 Å². The molecule has 1 aromatic carbocycles. The van der Waals surface area contributed by atoms with Gasteiger partial charge < -0.3 is 9.52 Å². The second-order valence-corrected chi connectivity index (χ2v) is 4.14. The molecule has 82 valence electrons. The maximum Gasteiger partial charge on any atom is 0.191 e. The van der Waals surface area contributed by atoms with Crippen LogP contribution in [-0.2, 0) is 12.8 Å². The topological polar surface area (TPSA) is 46.3 Å². The van der Waals surface area contributed by atoms with Crippen LogP contribution in [0.4, 0.5) is 0 Å². The van der Waals surface area contributed by atoms with Crippen molar-refractivity contribution in [3.05, 3.63) is 52.7 Å². The lowest BCUT2D eigenvalue weighted by Gasteiger charge is -2.10. The second kappa shape index (κ2) is 3.46. The van der Waals surface area contributed by atoms with Crippen LogP contribution in [0.5, 0.6) is 0 Å². The van der Waals surface area contributed by atoms with Crippen LogP contribution in [0.1, 0.15) is 34.6 Å². The zero-order valence-electron chi connectivity index (χ0n) is 9.10. The Balaban J connectivity index is 2.16. The minimum atomic E-state index is -0.647. The van der Waals surface area contributed by atoms with Crippen LogP contribution in [0.2, 0.25) is 0 Å². The largest absolute Gasteiger partial charge is 0.446 e. The van der Waals surface area contributed by atoms with Crippen LogP contribution < -0.4 is 0 Å². The molecule has 1 N–H and O–H groups in total. The van der Waals surface area contributed by atoms with Crippen molar-refractivity contribution in [2.24, 2.45) is 0 Å². The van der Waals surface area contributed by atoms with E-state index in [9.17, 15) is 5.11 Å². The van der Waals surface area contributed by atoms with E-state index in [-0.39, 0.29) is 0 Å². The zero-order chi connectivity index (χ0) is 11.1. The Hall–Kier alpha value is -1.61. The molecule has 0 amide bonds. The number of benzene rings is 1. The predicted octanol–water partition coefficient (Wildman–Crippen LogP) is 2.16. The van der Waals surface area contributed by atoms with Crippen molar-refractivity contribution < 1.29 is 9.52 Å². The molecule has 1 aliphatic rings. The summed E-state index contributed by atoms with van der Waals surface area (Å²) >= 11 is 0. The summed E-state index contributed by atoms with van der Waals surface area (Å²) in [4.78, 5) is 4.27. The van der Waals surface area contributed by atoms with Crippen molar-refractivity contribution in [1.29, 1.82) is 0 Å². The summed E-state index contributed by atoms with van der Waals surface area (Å²) in [5.41, 5.74) is 2.82. The van der Waals surface area contributed by atoms with E-state index in [1.165, 1.54) is 5.56 Å². The van der Waals surface area contributed by atoms with E-state index in [2.05, 4.69) is 11.1 Å². The molecule has 0 unspecified atom stereocenters. The highest BCUT2D eigenvalue weighted by Crippen LogP contribution is 2.31. The van der Waals surface area contributed by atoms with Crippen molar-refractivity contribution >= 4 is 0 Å². The van der Waals surface area contributed by atoms with Gasteiger partial charge in [0.2, 0.25) is 0 Å². The Bertz CT molecular complexity index is 530. The van der Waals surface area contributed by atoms with Crippen molar-refractivity contribution in [3.63, 3.8) is 0 Å². The summed E-state index contributed by atoms with van der Waals surface area (Å²) in [7, 11) is 0. The number of oxazole rings is 1. The third-order valence-electron chi connectivity index (χ3n) is 3.06. The van der Waals surface area contributed by atoms with Crippen LogP contribution in [0.25, 0.3) is 0 Å². The minimum absolute atomic E-state index is 0.628. The van der Waals surface area contributed by atoms with Crippen LogP contribution in [0.15, 0.2) is 28.7 Å². The maximum atomic E-state index is 10.3. The zero-order valence-corrected chi connectivity index (χ0v) is 9.10. The van der Waals surface area contributed by atoms with Crippen molar-refractivity contribution in [2.45, 2.75) is 25.9 Å². The van der Waals surface area contributed by atoms with Gasteiger partial charge in [-0.1, -0.05) is 24.3 Å². The third kappa shape index (κ3) is 1.36. The highest BCUT2D eigenvalue weighted by atomic mass is 16.4. The quantitative estimate of drug-likeness (QED) is 0.732. The molecule has 0 bridgehead atoms. The smallest absolute Gasteiger partial charge is 0.191 e. The van der Waals surface area contributed by atoms with Gasteiger partial charge in [0.25, 0.3) is 0 Å². The maximum absolute atomic E-state index is 10.3. The monoisotopic (exact) mass is 215 g/mol. The van der Waals surface area contributed by atoms with E-state index >= 15 is 0 Å². The van der Waals surface area contributed by atoms with Crippen molar-refractivity contribution in [1.82, 2.24) is 4.98 Å². The fraction of sp³-hybridized carbons (Fsp3) is 0.308. The summed E-state index contributed by atoms with van der Waals surface area (Å²) < 4.78 is 5.52. The Morgan fingerprint density at radius 3 is 3.00 bits per heavy atom. The highest BCUT2D eigenvalue weighted by molar-refractivity contribution is 5.37. The summed E-state index contributed by atoms with van der Waals surface area (Å²) in [6.45, 7) is 1.81. The van der Waals surface area contributed by atoms with E-state index in [0.717, 1.165) is 24.2 Å². The number of hydrogen-bond acceptors (Lipinski definition) is 3. The first-order valence-electron chi connectivity index (χ1n) is 5.48. The molecule has 1 aliphatic carbocycles. The summed E-state index contributed by atoms with van der Waals surface area (Å²) in [5.74, 6) is 1.45. The van der Waals surface area contributed by atoms with E-state index < -0.39 is 6.10 Å². The Morgan fingerprint density at radius 2 is 2.12 bits per heavy atom. The first kappa shape index (κ1) is 9.60. The first-order valence-corrected chi connectivity index (χ1v) is 5.48. The second-order valence-electron chi connectivity index (χ2n) is 4.14. The van der Waals surface area contributed by atoms with Crippen LogP contribution in [0.3, 0.4) is 0 Å². The predicted molar refractivity (Wildman–Crippen MR) is 59.2 cm³/mol. The summed E-state index contributed by atoms with van der Waals surface area (Å²) in [5, 5.41) is 10.3. The normalized spacial score (nSPS) is 18.8. The van der Waals surface area contributed by atoms with Gasteiger partial charge in [0.15, 0.2) is 5.89 Å². The van der Waals surface area contributed by atoms with Gasteiger partial charge in [-0.2, -0.15) is 0 Å². The number of aromatic nitrogens is 1. The average Bonchev–Trinajstić information content (AvgIpc) is 2.62. The molecule has 0 fully saturated rings. The molecule has 16 heavy (non-hydrogen) atoms. The lowest BCUT2D eigenvalue weighted by molar-refractivity contribution is 0.214. The average molecular weight is 215 g/mol. The van der Waals surface area contributed by atoms with Gasteiger partial charge in [0, 0.05) is 13.3 Å². The molecule has 1 atom stereocenters. The number of fused-ring (bicyclic) bond motifs is 2. The van der Waals surface area contributed by atoms with Gasteiger partial charge in [-0.05, 0) is 17.5 Å². The standard InChI is InChI=1S/C13H13NO2/c1-8-14-12-11(16-8)7-6-9-4-2-3-5-10(9)13(12)15/h2-5,13,15H,6-7H2,1H3/t13-/m0/s1. The van der Waals surface area contributed by atoms with Gasteiger partial charge in [0.05, 0.1) is 0 Å². The minimum Gasteiger partial charge on any atom is -0.446 e. The molecule has 3 rings (SSSR count). The molecule has 3 heteroatoms. The molecule has 1 aromatic heterocycles. The molecule has 0 aliphatic heterocycles. The van der Waals surface area contributed by atoms with E-state index in [4.69, 9.17) is 4.42 Å². The van der Waals surface area contributed by atoms with Gasteiger partial charge >= 0.3 is 0 Å². The SMILES string of the molecule is Cc1nc2c(o1)CCc1ccccc1[C@@H]2O. The number of aliphatic hydroxyl groups is 1. The molecule has 2 aromatic rings. The van der Waals surface area contributed by atoms with Gasteiger partial charge in [0.1, 0.15) is 17.6 Å². The third-order valence-corrected chi connectivity index (χ3v) is 3.06. The summed E-state index contributed by atoms with van der Waals surface area (Å²) in [6, 6.07) is 7.95. The highest BCUT2D eigenvalue weighted by Gasteiger charge is 2.25. The molecule has 0 radical (unpaired) electrons. The Morgan fingerprint density at radius 1 is 1.31 bits per heavy atom. The number of rotatable bonds is 0. The lowest BCUT2D eigenvalue weighted by atomic mass is 10.0. The van der Waals surface area contributed by atoms with Crippen molar-refractivity contribution in [3.8, 4) is 0 Å². The molecule has 3 nitrogen and oxygen atoms in total. The van der Waals surface area contributed by atoms with E-state index in [1.807, 2.05) is 25.1 Å².